The predicted octanol–water partition coefficient (Wildman–Crippen LogP) is 2.12. The summed E-state index contributed by atoms with van der Waals surface area (Å²) in [7, 11) is 0.792. The van der Waals surface area contributed by atoms with E-state index in [1.807, 2.05) is 0 Å². The molecule has 0 bridgehead atoms. The van der Waals surface area contributed by atoms with E-state index in [1.165, 1.54) is 14.4 Å². The van der Waals surface area contributed by atoms with Gasteiger partial charge in [0.25, 0.3) is 0 Å². The summed E-state index contributed by atoms with van der Waals surface area (Å²) in [5.74, 6) is 0. The maximum atomic E-state index is 5.86. The van der Waals surface area contributed by atoms with Crippen LogP contribution < -0.4 is 11.0 Å². The smallest absolute Gasteiger partial charge is 0.0525 e. The third kappa shape index (κ3) is 2.06. The summed E-state index contributed by atoms with van der Waals surface area (Å²) in [4.78, 5) is 0. The Hall–Kier alpha value is 0.180. The summed E-state index contributed by atoms with van der Waals surface area (Å²) >= 11 is 2.28. The summed E-state index contributed by atoms with van der Waals surface area (Å²) in [6, 6.07) is 4.27. The Morgan fingerprint density at radius 2 is 2.09 bits per heavy atom. The van der Waals surface area contributed by atoms with Crippen LogP contribution in [0.2, 0.25) is 0 Å². The lowest BCUT2D eigenvalue weighted by Gasteiger charge is -2.06. The molecule has 1 rings (SSSR count). The first-order chi connectivity index (χ1) is 5.15. The summed E-state index contributed by atoms with van der Waals surface area (Å²) < 4.78 is 1.17. The lowest BCUT2D eigenvalue weighted by atomic mass is 10.2. The highest BCUT2D eigenvalue weighted by Gasteiger charge is 2.01. The summed E-state index contributed by atoms with van der Waals surface area (Å²) in [5.41, 5.74) is 8.12. The van der Waals surface area contributed by atoms with Crippen LogP contribution in [0.4, 0.5) is 5.69 Å². The molecule has 2 N–H and O–H groups in total. The molecular weight excluding hydrogens is 268 g/mol. The molecule has 1 nitrogen and oxygen atoms in total. The third-order valence-electron chi connectivity index (χ3n) is 1.54. The standard InChI is InChI=1S/C8H11INP/c1-5-3-6(9)8(10)7(4-5)11-2/h3-4,11H,10H2,1-2H3. The van der Waals surface area contributed by atoms with Crippen molar-refractivity contribution in [2.75, 3.05) is 12.4 Å². The molecule has 0 aliphatic rings. The van der Waals surface area contributed by atoms with Gasteiger partial charge in [-0.05, 0) is 59.2 Å². The molecule has 0 fully saturated rings. The SMILES string of the molecule is CPc1cc(C)cc(I)c1N. The van der Waals surface area contributed by atoms with Crippen LogP contribution in [0, 0.1) is 10.5 Å². The maximum Gasteiger partial charge on any atom is 0.0525 e. The van der Waals surface area contributed by atoms with E-state index in [2.05, 4.69) is 48.3 Å². The number of benzene rings is 1. The van der Waals surface area contributed by atoms with Crippen LogP contribution in [0.1, 0.15) is 5.56 Å². The van der Waals surface area contributed by atoms with Crippen LogP contribution in [-0.2, 0) is 0 Å². The second-order valence-electron chi connectivity index (χ2n) is 2.46. The van der Waals surface area contributed by atoms with Crippen molar-refractivity contribution in [2.45, 2.75) is 6.92 Å². The van der Waals surface area contributed by atoms with Crippen molar-refractivity contribution in [1.82, 2.24) is 0 Å². The molecule has 3 heteroatoms. The number of hydrogen-bond acceptors (Lipinski definition) is 1. The first kappa shape index (κ1) is 9.27. The number of nitrogens with two attached hydrogens (primary N) is 1. The first-order valence-electron chi connectivity index (χ1n) is 3.38. The molecule has 0 saturated carbocycles. The third-order valence-corrected chi connectivity index (χ3v) is 3.39. The fourth-order valence-electron chi connectivity index (χ4n) is 0.960. The van der Waals surface area contributed by atoms with Gasteiger partial charge in [-0.3, -0.25) is 0 Å². The van der Waals surface area contributed by atoms with Crippen molar-refractivity contribution in [3.8, 4) is 0 Å². The number of aryl methyl sites for hydroxylation is 1. The van der Waals surface area contributed by atoms with Crippen LogP contribution in [-0.4, -0.2) is 6.66 Å². The molecular formula is C8H11INP. The number of anilines is 1. The number of hydrogen-bond donors (Lipinski definition) is 1. The van der Waals surface area contributed by atoms with E-state index in [4.69, 9.17) is 5.73 Å². The quantitative estimate of drug-likeness (QED) is 0.475. The van der Waals surface area contributed by atoms with Gasteiger partial charge in [0.05, 0.1) is 5.69 Å². The first-order valence-corrected chi connectivity index (χ1v) is 5.96. The van der Waals surface area contributed by atoms with Gasteiger partial charge in [0.2, 0.25) is 0 Å². The molecule has 1 atom stereocenters. The zero-order chi connectivity index (χ0) is 8.43. The average molecular weight is 279 g/mol. The molecule has 1 aromatic rings. The molecule has 0 heterocycles. The van der Waals surface area contributed by atoms with Crippen molar-refractivity contribution in [3.05, 3.63) is 21.3 Å². The van der Waals surface area contributed by atoms with Gasteiger partial charge in [0.1, 0.15) is 0 Å². The fourth-order valence-corrected chi connectivity index (χ4v) is 2.77. The Balaban J connectivity index is 3.24. The highest BCUT2D eigenvalue weighted by molar-refractivity contribution is 14.1. The van der Waals surface area contributed by atoms with Gasteiger partial charge in [-0.2, -0.15) is 0 Å². The predicted molar refractivity (Wildman–Crippen MR) is 62.2 cm³/mol. The summed E-state index contributed by atoms with van der Waals surface area (Å²) in [5, 5.41) is 1.29. The molecule has 1 unspecified atom stereocenters. The molecule has 0 spiro atoms. The minimum Gasteiger partial charge on any atom is -0.397 e. The molecule has 0 aliphatic carbocycles. The van der Waals surface area contributed by atoms with E-state index < -0.39 is 0 Å². The normalized spacial score (nSPS) is 11.2. The van der Waals surface area contributed by atoms with Crippen LogP contribution in [0.15, 0.2) is 12.1 Å². The van der Waals surface area contributed by atoms with Gasteiger partial charge in [0.15, 0.2) is 0 Å². The van der Waals surface area contributed by atoms with E-state index in [9.17, 15) is 0 Å². The van der Waals surface area contributed by atoms with Gasteiger partial charge >= 0.3 is 0 Å². The van der Waals surface area contributed by atoms with Crippen LogP contribution in [0.3, 0.4) is 0 Å². The second-order valence-corrected chi connectivity index (χ2v) is 4.66. The lowest BCUT2D eigenvalue weighted by molar-refractivity contribution is 1.47. The molecule has 11 heavy (non-hydrogen) atoms. The highest BCUT2D eigenvalue weighted by atomic mass is 127. The number of rotatable bonds is 1. The van der Waals surface area contributed by atoms with Crippen LogP contribution in [0.25, 0.3) is 0 Å². The zero-order valence-electron chi connectivity index (χ0n) is 6.61. The molecule has 0 amide bonds. The Morgan fingerprint density at radius 1 is 1.45 bits per heavy atom. The van der Waals surface area contributed by atoms with Gasteiger partial charge in [0, 0.05) is 3.57 Å². The van der Waals surface area contributed by atoms with Crippen LogP contribution >= 0.6 is 31.2 Å². The topological polar surface area (TPSA) is 26.0 Å². The fraction of sp³-hybridized carbons (Fsp3) is 0.250. The van der Waals surface area contributed by atoms with Crippen molar-refractivity contribution < 1.29 is 0 Å². The van der Waals surface area contributed by atoms with Crippen molar-refractivity contribution in [2.24, 2.45) is 0 Å². The monoisotopic (exact) mass is 279 g/mol. The molecule has 0 aromatic heterocycles. The van der Waals surface area contributed by atoms with E-state index in [-0.39, 0.29) is 0 Å². The molecule has 1 aromatic carbocycles. The Bertz CT molecular complexity index is 273. The van der Waals surface area contributed by atoms with Crippen molar-refractivity contribution >= 4 is 42.2 Å². The average Bonchev–Trinajstić information content (AvgIpc) is 1.96. The second kappa shape index (κ2) is 3.72. The Labute approximate surface area is 82.7 Å². The minimum absolute atomic E-state index is 0.792. The van der Waals surface area contributed by atoms with Gasteiger partial charge in [-0.15, -0.1) is 0 Å². The number of nitrogen functional groups attached to an aromatic ring is 1. The van der Waals surface area contributed by atoms with E-state index in [0.717, 1.165) is 14.3 Å². The summed E-state index contributed by atoms with van der Waals surface area (Å²) in [6.07, 6.45) is 0. The Morgan fingerprint density at radius 3 is 2.64 bits per heavy atom. The molecule has 60 valence electrons. The van der Waals surface area contributed by atoms with Crippen molar-refractivity contribution in [3.63, 3.8) is 0 Å². The van der Waals surface area contributed by atoms with Gasteiger partial charge in [-0.25, -0.2) is 0 Å². The molecule has 0 radical (unpaired) electrons. The largest absolute Gasteiger partial charge is 0.397 e. The van der Waals surface area contributed by atoms with Crippen molar-refractivity contribution in [1.29, 1.82) is 0 Å². The van der Waals surface area contributed by atoms with Gasteiger partial charge in [-0.1, -0.05) is 8.58 Å². The number of halogens is 1. The summed E-state index contributed by atoms with van der Waals surface area (Å²) in [6.45, 7) is 4.26. The van der Waals surface area contributed by atoms with E-state index in [1.54, 1.807) is 0 Å². The van der Waals surface area contributed by atoms with Gasteiger partial charge < -0.3 is 5.73 Å². The molecule has 0 aliphatic heterocycles. The van der Waals surface area contributed by atoms with E-state index in [0.29, 0.717) is 0 Å². The zero-order valence-corrected chi connectivity index (χ0v) is 9.77. The minimum atomic E-state index is 0.792. The van der Waals surface area contributed by atoms with Crippen LogP contribution in [0.5, 0.6) is 0 Å². The lowest BCUT2D eigenvalue weighted by Crippen LogP contribution is -2.06. The van der Waals surface area contributed by atoms with E-state index >= 15 is 0 Å². The highest BCUT2D eigenvalue weighted by Crippen LogP contribution is 2.19. The maximum absolute atomic E-state index is 5.86. The molecule has 0 saturated heterocycles. The Kier molecular flexibility index (Phi) is 3.14.